The fourth-order valence-electron chi connectivity index (χ4n) is 0. The highest BCUT2D eigenvalue weighted by atomic mass is 16.4. The summed E-state index contributed by atoms with van der Waals surface area (Å²) in [7, 11) is 0. The topological polar surface area (TPSA) is 40.1 Å². The molecular weight excluding hydrogens is 128 g/mol. The van der Waals surface area contributed by atoms with Crippen LogP contribution in [-0.4, -0.2) is 5.97 Å². The van der Waals surface area contributed by atoms with Crippen LogP contribution in [0.5, 0.6) is 0 Å². The molecule has 0 rings (SSSR count). The molecule has 2 nitrogen and oxygen atoms in total. The summed E-state index contributed by atoms with van der Waals surface area (Å²) < 4.78 is 0. The second kappa shape index (κ2) is 15.6. The second-order valence-corrected chi connectivity index (χ2v) is 1.07. The Morgan fingerprint density at radius 2 is 1.30 bits per heavy atom. The SMILES string of the molecule is C=C.C=C.C=C(C)C(=O)[O-]. The minimum Gasteiger partial charge on any atom is -0.545 e. The molecular formula is C8H13O2-. The molecule has 0 aromatic rings. The number of carbonyl (C=O) groups excluding carboxylic acids is 1. The molecule has 0 aromatic carbocycles. The molecule has 0 aliphatic rings. The molecule has 0 fully saturated rings. The van der Waals surface area contributed by atoms with Crippen molar-refractivity contribution in [2.24, 2.45) is 0 Å². The fourth-order valence-corrected chi connectivity index (χ4v) is 0. The standard InChI is InChI=1S/C4H6O2.2C2H4/c1-3(2)4(5)6;2*1-2/h1H2,2H3,(H,5,6);2*1-2H2/p-1. The van der Waals surface area contributed by atoms with Gasteiger partial charge in [-0.3, -0.25) is 0 Å². The van der Waals surface area contributed by atoms with Crippen molar-refractivity contribution in [3.8, 4) is 0 Å². The van der Waals surface area contributed by atoms with E-state index in [1.54, 1.807) is 0 Å². The van der Waals surface area contributed by atoms with Gasteiger partial charge in [0.05, 0.1) is 5.97 Å². The van der Waals surface area contributed by atoms with E-state index in [-0.39, 0.29) is 5.57 Å². The van der Waals surface area contributed by atoms with Gasteiger partial charge < -0.3 is 9.90 Å². The molecule has 0 spiro atoms. The number of hydrogen-bond acceptors (Lipinski definition) is 2. The van der Waals surface area contributed by atoms with E-state index in [1.165, 1.54) is 6.92 Å². The molecule has 0 atom stereocenters. The van der Waals surface area contributed by atoms with Crippen molar-refractivity contribution < 1.29 is 9.90 Å². The summed E-state index contributed by atoms with van der Waals surface area (Å²) in [6.45, 7) is 16.5. The van der Waals surface area contributed by atoms with E-state index in [9.17, 15) is 9.90 Å². The average Bonchev–Trinajstić information content (AvgIpc) is 1.96. The highest BCUT2D eigenvalue weighted by molar-refractivity contribution is 5.82. The number of aliphatic carboxylic acids is 1. The third kappa shape index (κ3) is 29.9. The van der Waals surface area contributed by atoms with Crippen molar-refractivity contribution in [1.29, 1.82) is 0 Å². The van der Waals surface area contributed by atoms with E-state index in [2.05, 4.69) is 32.9 Å². The van der Waals surface area contributed by atoms with Gasteiger partial charge in [0.25, 0.3) is 0 Å². The van der Waals surface area contributed by atoms with Crippen LogP contribution in [-0.2, 0) is 4.79 Å². The largest absolute Gasteiger partial charge is 0.545 e. The van der Waals surface area contributed by atoms with E-state index >= 15 is 0 Å². The molecule has 0 saturated carbocycles. The van der Waals surface area contributed by atoms with Crippen molar-refractivity contribution in [3.63, 3.8) is 0 Å². The highest BCUT2D eigenvalue weighted by Crippen LogP contribution is 1.77. The maximum atomic E-state index is 9.49. The first-order valence-electron chi connectivity index (χ1n) is 2.51. The summed E-state index contributed by atoms with van der Waals surface area (Å²) >= 11 is 0. The van der Waals surface area contributed by atoms with Crippen LogP contribution in [0.15, 0.2) is 38.5 Å². The van der Waals surface area contributed by atoms with Gasteiger partial charge in [0, 0.05) is 0 Å². The molecule has 0 bridgehead atoms. The lowest BCUT2D eigenvalue weighted by molar-refractivity contribution is -0.299. The Morgan fingerprint density at radius 3 is 1.30 bits per heavy atom. The predicted molar refractivity (Wildman–Crippen MR) is 42.3 cm³/mol. The molecule has 58 valence electrons. The number of carboxylic acid groups (broad SMARTS) is 1. The molecule has 0 amide bonds. The van der Waals surface area contributed by atoms with E-state index in [4.69, 9.17) is 0 Å². The highest BCUT2D eigenvalue weighted by Gasteiger charge is 1.76. The lowest BCUT2D eigenvalue weighted by Crippen LogP contribution is -2.22. The van der Waals surface area contributed by atoms with Crippen LogP contribution in [0.25, 0.3) is 0 Å². The molecule has 0 radical (unpaired) electrons. The summed E-state index contributed by atoms with van der Waals surface area (Å²) in [5, 5.41) is 9.49. The number of hydrogen-bond donors (Lipinski definition) is 0. The fraction of sp³-hybridized carbons (Fsp3) is 0.125. The Morgan fingerprint density at radius 1 is 1.20 bits per heavy atom. The molecule has 0 N–H and O–H groups in total. The third-order valence-corrected chi connectivity index (χ3v) is 0.348. The molecule has 0 unspecified atom stereocenters. The quantitative estimate of drug-likeness (QED) is 0.402. The Kier molecular flexibility index (Phi) is 24.8. The summed E-state index contributed by atoms with van der Waals surface area (Å²) in [6, 6.07) is 0. The Labute approximate surface area is 62.2 Å². The molecule has 2 heteroatoms. The smallest absolute Gasteiger partial charge is 0.0666 e. The van der Waals surface area contributed by atoms with E-state index < -0.39 is 5.97 Å². The van der Waals surface area contributed by atoms with E-state index in [0.29, 0.717) is 0 Å². The summed E-state index contributed by atoms with van der Waals surface area (Å²) in [6.07, 6.45) is 0. The lowest BCUT2D eigenvalue weighted by atomic mass is 10.4. The van der Waals surface area contributed by atoms with Gasteiger partial charge in [0.15, 0.2) is 0 Å². The van der Waals surface area contributed by atoms with Gasteiger partial charge in [0.2, 0.25) is 0 Å². The zero-order valence-electron chi connectivity index (χ0n) is 6.35. The number of carboxylic acids is 1. The Hall–Kier alpha value is -1.31. The van der Waals surface area contributed by atoms with Crippen LogP contribution in [0, 0.1) is 0 Å². The number of rotatable bonds is 1. The Bertz CT molecular complexity index is 91.8. The third-order valence-electron chi connectivity index (χ3n) is 0.348. The first-order valence-corrected chi connectivity index (χ1v) is 2.51. The second-order valence-electron chi connectivity index (χ2n) is 1.07. The van der Waals surface area contributed by atoms with Crippen LogP contribution in [0.2, 0.25) is 0 Å². The van der Waals surface area contributed by atoms with Gasteiger partial charge in [-0.25, -0.2) is 0 Å². The molecule has 0 aliphatic carbocycles. The van der Waals surface area contributed by atoms with Gasteiger partial charge in [-0.2, -0.15) is 0 Å². The normalized spacial score (nSPS) is 5.30. The summed E-state index contributed by atoms with van der Waals surface area (Å²) in [5.74, 6) is -1.19. The van der Waals surface area contributed by atoms with Crippen LogP contribution in [0.3, 0.4) is 0 Å². The van der Waals surface area contributed by atoms with Crippen LogP contribution in [0.4, 0.5) is 0 Å². The van der Waals surface area contributed by atoms with Gasteiger partial charge in [-0.15, -0.1) is 26.3 Å². The van der Waals surface area contributed by atoms with Crippen molar-refractivity contribution in [3.05, 3.63) is 38.5 Å². The monoisotopic (exact) mass is 141 g/mol. The van der Waals surface area contributed by atoms with Gasteiger partial charge in [-0.1, -0.05) is 6.58 Å². The van der Waals surface area contributed by atoms with Crippen molar-refractivity contribution in [2.45, 2.75) is 6.92 Å². The van der Waals surface area contributed by atoms with Gasteiger partial charge in [0.1, 0.15) is 0 Å². The maximum absolute atomic E-state index is 9.49. The maximum Gasteiger partial charge on any atom is 0.0666 e. The van der Waals surface area contributed by atoms with Crippen molar-refractivity contribution in [2.75, 3.05) is 0 Å². The van der Waals surface area contributed by atoms with E-state index in [0.717, 1.165) is 0 Å². The predicted octanol–water partition coefficient (Wildman–Crippen LogP) is 0.917. The molecule has 0 aromatic heterocycles. The molecule has 0 aliphatic heterocycles. The molecule has 10 heavy (non-hydrogen) atoms. The molecule has 0 heterocycles. The zero-order valence-corrected chi connectivity index (χ0v) is 6.35. The van der Waals surface area contributed by atoms with Gasteiger partial charge >= 0.3 is 0 Å². The average molecular weight is 141 g/mol. The van der Waals surface area contributed by atoms with Crippen molar-refractivity contribution >= 4 is 5.97 Å². The van der Waals surface area contributed by atoms with Crippen molar-refractivity contribution in [1.82, 2.24) is 0 Å². The zero-order chi connectivity index (χ0) is 9.15. The Balaban J connectivity index is -0.000000105. The summed E-state index contributed by atoms with van der Waals surface area (Å²) in [5.41, 5.74) is 0.0648. The lowest BCUT2D eigenvalue weighted by Gasteiger charge is -1.93. The first-order chi connectivity index (χ1) is 4.64. The van der Waals surface area contributed by atoms with E-state index in [1.807, 2.05) is 0 Å². The van der Waals surface area contributed by atoms with Crippen LogP contribution < -0.4 is 5.11 Å². The first kappa shape index (κ1) is 15.9. The van der Waals surface area contributed by atoms with Gasteiger partial charge in [-0.05, 0) is 12.5 Å². The van der Waals surface area contributed by atoms with Crippen LogP contribution in [0.1, 0.15) is 6.92 Å². The molecule has 0 saturated heterocycles. The van der Waals surface area contributed by atoms with Crippen LogP contribution >= 0.6 is 0 Å². The minimum atomic E-state index is -1.19. The minimum absolute atomic E-state index is 0.0648. The summed E-state index contributed by atoms with van der Waals surface area (Å²) in [4.78, 5) is 9.49. The number of carbonyl (C=O) groups is 1.